The molecule has 0 aliphatic carbocycles. The number of rotatable bonds is 2. The van der Waals surface area contributed by atoms with E-state index in [1.165, 1.54) is 6.07 Å². The Morgan fingerprint density at radius 2 is 1.95 bits per heavy atom. The number of aromatic amines is 1. The highest BCUT2D eigenvalue weighted by atomic mass is 35.5. The molecule has 1 aromatic heterocycles. The molecular weight excluding hydrogens is 277 g/mol. The molecule has 2 aromatic carbocycles. The molecule has 0 spiro atoms. The Hall–Kier alpha value is -2.13. The molecule has 4 heteroatoms. The van der Waals surface area contributed by atoms with Crippen molar-refractivity contribution in [2.75, 3.05) is 0 Å². The number of halogens is 2. The molecule has 2 nitrogen and oxygen atoms in total. The van der Waals surface area contributed by atoms with E-state index < -0.39 is 5.82 Å². The van der Waals surface area contributed by atoms with Crippen LogP contribution in [0.5, 0.6) is 0 Å². The lowest BCUT2D eigenvalue weighted by atomic mass is 10.0. The monoisotopic (exact) mass is 287 g/mol. The fourth-order valence-electron chi connectivity index (χ4n) is 2.42. The van der Waals surface area contributed by atoms with Gasteiger partial charge in [0.2, 0.25) is 0 Å². The van der Waals surface area contributed by atoms with Gasteiger partial charge in [0.05, 0.1) is 16.8 Å². The Morgan fingerprint density at radius 1 is 1.20 bits per heavy atom. The molecule has 20 heavy (non-hydrogen) atoms. The van der Waals surface area contributed by atoms with Crippen molar-refractivity contribution in [1.82, 2.24) is 4.98 Å². The number of hydrogen-bond donors (Lipinski definition) is 1. The molecule has 0 radical (unpaired) electrons. The van der Waals surface area contributed by atoms with Gasteiger partial charge in [-0.3, -0.25) is 4.79 Å². The summed E-state index contributed by atoms with van der Waals surface area (Å²) in [6.45, 7) is 1.86. The molecule has 0 saturated heterocycles. The first-order valence-electron chi connectivity index (χ1n) is 6.14. The number of nitrogens with one attached hydrogen (secondary N) is 1. The van der Waals surface area contributed by atoms with E-state index in [1.807, 2.05) is 13.0 Å². The normalized spacial score (nSPS) is 10.9. The van der Waals surface area contributed by atoms with Crippen LogP contribution in [0, 0.1) is 12.7 Å². The van der Waals surface area contributed by atoms with Gasteiger partial charge in [0.25, 0.3) is 0 Å². The van der Waals surface area contributed by atoms with Gasteiger partial charge in [0, 0.05) is 16.0 Å². The average Bonchev–Trinajstić information content (AvgIpc) is 2.84. The number of aryl methyl sites for hydroxylation is 1. The third-order valence-electron chi connectivity index (χ3n) is 3.41. The molecule has 0 bridgehead atoms. The number of fused-ring (bicyclic) bond motifs is 1. The van der Waals surface area contributed by atoms with E-state index in [9.17, 15) is 9.18 Å². The van der Waals surface area contributed by atoms with E-state index in [-0.39, 0.29) is 0 Å². The van der Waals surface area contributed by atoms with Crippen LogP contribution in [0.2, 0.25) is 5.02 Å². The molecule has 0 fully saturated rings. The quantitative estimate of drug-likeness (QED) is 0.678. The van der Waals surface area contributed by atoms with Crippen LogP contribution in [0.25, 0.3) is 22.2 Å². The van der Waals surface area contributed by atoms with Crippen LogP contribution in [0.4, 0.5) is 4.39 Å². The van der Waals surface area contributed by atoms with Crippen molar-refractivity contribution in [2.24, 2.45) is 0 Å². The summed E-state index contributed by atoms with van der Waals surface area (Å²) in [6, 6.07) is 10.2. The SMILES string of the molecule is Cc1ccc(F)c2c(C=O)c(-c3ccccc3Cl)[nH]c12. The fourth-order valence-corrected chi connectivity index (χ4v) is 2.65. The fraction of sp³-hybridized carbons (Fsp3) is 0.0625. The number of aldehydes is 1. The third-order valence-corrected chi connectivity index (χ3v) is 3.74. The first-order chi connectivity index (χ1) is 9.63. The summed E-state index contributed by atoms with van der Waals surface area (Å²) in [4.78, 5) is 14.5. The molecule has 1 N–H and O–H groups in total. The van der Waals surface area contributed by atoms with Crippen molar-refractivity contribution in [3.63, 3.8) is 0 Å². The maximum absolute atomic E-state index is 14.0. The zero-order valence-electron chi connectivity index (χ0n) is 10.7. The first-order valence-corrected chi connectivity index (χ1v) is 6.52. The molecule has 0 atom stereocenters. The topological polar surface area (TPSA) is 32.9 Å². The van der Waals surface area contributed by atoms with Crippen LogP contribution >= 0.6 is 11.6 Å². The third kappa shape index (κ3) is 1.82. The van der Waals surface area contributed by atoms with Crippen molar-refractivity contribution in [3.05, 3.63) is 58.4 Å². The number of carbonyl (C=O) groups excluding carboxylic acids is 1. The van der Waals surface area contributed by atoms with Gasteiger partial charge in [-0.1, -0.05) is 35.9 Å². The summed E-state index contributed by atoms with van der Waals surface area (Å²) in [7, 11) is 0. The summed E-state index contributed by atoms with van der Waals surface area (Å²) in [5, 5.41) is 0.829. The van der Waals surface area contributed by atoms with Gasteiger partial charge in [0.1, 0.15) is 5.82 Å². The number of aromatic nitrogens is 1. The highest BCUT2D eigenvalue weighted by molar-refractivity contribution is 6.33. The summed E-state index contributed by atoms with van der Waals surface area (Å²) < 4.78 is 14.0. The molecular formula is C16H11ClFNO. The predicted molar refractivity (Wildman–Crippen MR) is 78.8 cm³/mol. The number of H-pyrrole nitrogens is 1. The van der Waals surface area contributed by atoms with Crippen LogP contribution in [0.1, 0.15) is 15.9 Å². The van der Waals surface area contributed by atoms with Crippen LogP contribution in [0.15, 0.2) is 36.4 Å². The van der Waals surface area contributed by atoms with Crippen molar-refractivity contribution in [1.29, 1.82) is 0 Å². The van der Waals surface area contributed by atoms with Gasteiger partial charge in [0.15, 0.2) is 6.29 Å². The van der Waals surface area contributed by atoms with E-state index in [4.69, 9.17) is 11.6 Å². The minimum Gasteiger partial charge on any atom is -0.354 e. The Morgan fingerprint density at radius 3 is 2.65 bits per heavy atom. The molecule has 3 rings (SSSR count). The van der Waals surface area contributed by atoms with Gasteiger partial charge in [-0.2, -0.15) is 0 Å². The minimum atomic E-state index is -0.415. The second kappa shape index (κ2) is 4.76. The van der Waals surface area contributed by atoms with E-state index >= 15 is 0 Å². The van der Waals surface area contributed by atoms with Crippen molar-refractivity contribution >= 4 is 28.8 Å². The molecule has 3 aromatic rings. The minimum absolute atomic E-state index is 0.300. The van der Waals surface area contributed by atoms with E-state index in [0.717, 1.165) is 5.56 Å². The summed E-state index contributed by atoms with van der Waals surface area (Å²) in [5.41, 5.74) is 3.04. The molecule has 0 aliphatic rings. The van der Waals surface area contributed by atoms with Gasteiger partial charge < -0.3 is 4.98 Å². The smallest absolute Gasteiger partial charge is 0.152 e. The number of benzene rings is 2. The van der Waals surface area contributed by atoms with Gasteiger partial charge in [-0.05, 0) is 24.6 Å². The van der Waals surface area contributed by atoms with Crippen molar-refractivity contribution in [2.45, 2.75) is 6.92 Å². The van der Waals surface area contributed by atoms with Crippen molar-refractivity contribution < 1.29 is 9.18 Å². The van der Waals surface area contributed by atoms with Crippen LogP contribution in [-0.4, -0.2) is 11.3 Å². The molecule has 1 heterocycles. The number of carbonyl (C=O) groups is 1. The second-order valence-corrected chi connectivity index (χ2v) is 5.03. The van der Waals surface area contributed by atoms with Gasteiger partial charge in [-0.15, -0.1) is 0 Å². The molecule has 0 saturated carbocycles. The lowest BCUT2D eigenvalue weighted by molar-refractivity contribution is 0.112. The number of hydrogen-bond acceptors (Lipinski definition) is 1. The first kappa shape index (κ1) is 12.9. The van der Waals surface area contributed by atoms with Crippen LogP contribution in [0.3, 0.4) is 0 Å². The lowest BCUT2D eigenvalue weighted by Gasteiger charge is -2.02. The molecule has 0 unspecified atom stereocenters. The van der Waals surface area contributed by atoms with E-state index in [2.05, 4.69) is 4.98 Å². The van der Waals surface area contributed by atoms with E-state index in [1.54, 1.807) is 24.3 Å². The Balaban J connectivity index is 2.44. The maximum Gasteiger partial charge on any atom is 0.152 e. The maximum atomic E-state index is 14.0. The average molecular weight is 288 g/mol. The molecule has 0 amide bonds. The zero-order valence-corrected chi connectivity index (χ0v) is 11.5. The Bertz CT molecular complexity index is 823. The Labute approximate surface area is 120 Å². The highest BCUT2D eigenvalue weighted by Crippen LogP contribution is 2.35. The standard InChI is InChI=1S/C16H11ClFNO/c1-9-6-7-13(18)14-11(8-20)16(19-15(9)14)10-4-2-3-5-12(10)17/h2-8,19H,1H3. The van der Waals surface area contributed by atoms with Crippen LogP contribution in [-0.2, 0) is 0 Å². The summed E-state index contributed by atoms with van der Waals surface area (Å²) >= 11 is 6.17. The molecule has 100 valence electrons. The Kier molecular flexibility index (Phi) is 3.07. The molecule has 0 aliphatic heterocycles. The van der Waals surface area contributed by atoms with Gasteiger partial charge >= 0.3 is 0 Å². The predicted octanol–water partition coefficient (Wildman–Crippen LogP) is 4.75. The van der Waals surface area contributed by atoms with Crippen molar-refractivity contribution in [3.8, 4) is 11.3 Å². The summed E-state index contributed by atoms with van der Waals surface area (Å²) in [6.07, 6.45) is 0.667. The van der Waals surface area contributed by atoms with Gasteiger partial charge in [-0.25, -0.2) is 4.39 Å². The largest absolute Gasteiger partial charge is 0.354 e. The lowest BCUT2D eigenvalue weighted by Crippen LogP contribution is -1.86. The van der Waals surface area contributed by atoms with E-state index in [0.29, 0.717) is 39.0 Å². The van der Waals surface area contributed by atoms with Crippen LogP contribution < -0.4 is 0 Å². The zero-order chi connectivity index (χ0) is 14.3. The summed E-state index contributed by atoms with van der Waals surface area (Å²) in [5.74, 6) is -0.415. The second-order valence-electron chi connectivity index (χ2n) is 4.63. The highest BCUT2D eigenvalue weighted by Gasteiger charge is 2.18.